The molecule has 0 bridgehead atoms. The van der Waals surface area contributed by atoms with Crippen LogP contribution >= 0.6 is 11.6 Å². The minimum Gasteiger partial charge on any atom is -0.495 e. The number of quaternary nitrogens is 1. The van der Waals surface area contributed by atoms with Crippen LogP contribution in [0, 0.1) is 0 Å². The van der Waals surface area contributed by atoms with E-state index in [1.807, 2.05) is 20.8 Å². The van der Waals surface area contributed by atoms with Crippen LogP contribution < -0.4 is 15.0 Å². The molecule has 2 rings (SSSR count). The molecule has 1 aliphatic heterocycles. The second-order valence-electron chi connectivity index (χ2n) is 5.88. The average molecular weight is 328 g/mol. The Kier molecular flexibility index (Phi) is 5.67. The average Bonchev–Trinajstić information content (AvgIpc) is 2.45. The third-order valence-corrected chi connectivity index (χ3v) is 4.28. The number of hydrogen-bond acceptors (Lipinski definition) is 3. The Morgan fingerprint density at radius 1 is 1.41 bits per heavy atom. The first-order chi connectivity index (χ1) is 10.4. The maximum absolute atomic E-state index is 12.4. The van der Waals surface area contributed by atoms with Gasteiger partial charge in [0.15, 0.2) is 6.04 Å². The molecular formula is C16H24ClN2O3+. The standard InChI is InChI=1S/C16H23ClN2O3/c1-10-8-19(9-11(2)22-10)12(3)16(20)18-13-5-6-15(21-4)14(17)7-13/h5-7,10-12H,8-9H2,1-4H3,(H,18,20)/p+1/t10-,11-,12-/m0/s1. The summed E-state index contributed by atoms with van der Waals surface area (Å²) in [6, 6.07) is 5.09. The van der Waals surface area contributed by atoms with E-state index in [9.17, 15) is 4.79 Å². The number of hydrogen-bond donors (Lipinski definition) is 2. The van der Waals surface area contributed by atoms with E-state index >= 15 is 0 Å². The monoisotopic (exact) mass is 327 g/mol. The number of nitrogens with one attached hydrogen (secondary N) is 2. The van der Waals surface area contributed by atoms with E-state index in [0.717, 1.165) is 13.1 Å². The number of ether oxygens (including phenoxy) is 2. The first-order valence-electron chi connectivity index (χ1n) is 7.55. The van der Waals surface area contributed by atoms with E-state index in [2.05, 4.69) is 5.32 Å². The van der Waals surface area contributed by atoms with Crippen molar-refractivity contribution in [1.29, 1.82) is 0 Å². The Hall–Kier alpha value is -1.30. The molecule has 2 N–H and O–H groups in total. The van der Waals surface area contributed by atoms with Gasteiger partial charge in [0.2, 0.25) is 0 Å². The largest absolute Gasteiger partial charge is 0.495 e. The molecule has 0 spiro atoms. The van der Waals surface area contributed by atoms with Crippen LogP contribution in [-0.2, 0) is 9.53 Å². The molecule has 6 heteroatoms. The van der Waals surface area contributed by atoms with Gasteiger partial charge in [0.25, 0.3) is 5.91 Å². The predicted molar refractivity (Wildman–Crippen MR) is 86.8 cm³/mol. The second kappa shape index (κ2) is 7.31. The molecule has 122 valence electrons. The highest BCUT2D eigenvalue weighted by molar-refractivity contribution is 6.32. The third kappa shape index (κ3) is 4.12. The smallest absolute Gasteiger partial charge is 0.282 e. The Balaban J connectivity index is 2.00. The lowest BCUT2D eigenvalue weighted by atomic mass is 10.1. The van der Waals surface area contributed by atoms with Crippen molar-refractivity contribution >= 4 is 23.2 Å². The van der Waals surface area contributed by atoms with E-state index in [0.29, 0.717) is 16.5 Å². The summed E-state index contributed by atoms with van der Waals surface area (Å²) in [4.78, 5) is 13.7. The molecule has 22 heavy (non-hydrogen) atoms. The van der Waals surface area contributed by atoms with Crippen LogP contribution in [-0.4, -0.2) is 44.4 Å². The second-order valence-corrected chi connectivity index (χ2v) is 6.29. The number of benzene rings is 1. The van der Waals surface area contributed by atoms with Gasteiger partial charge in [-0.05, 0) is 39.0 Å². The van der Waals surface area contributed by atoms with Gasteiger partial charge in [-0.2, -0.15) is 0 Å². The summed E-state index contributed by atoms with van der Waals surface area (Å²) in [5, 5.41) is 3.40. The molecule has 0 radical (unpaired) electrons. The number of morpholine rings is 1. The number of carbonyl (C=O) groups excluding carboxylic acids is 1. The maximum atomic E-state index is 12.4. The Morgan fingerprint density at radius 3 is 2.59 bits per heavy atom. The molecule has 1 fully saturated rings. The molecule has 1 amide bonds. The van der Waals surface area contributed by atoms with Crippen molar-refractivity contribution in [3.63, 3.8) is 0 Å². The fraction of sp³-hybridized carbons (Fsp3) is 0.562. The molecule has 0 saturated carbocycles. The minimum atomic E-state index is -0.144. The summed E-state index contributed by atoms with van der Waals surface area (Å²) < 4.78 is 10.8. The summed E-state index contributed by atoms with van der Waals surface area (Å²) in [6.45, 7) is 7.71. The highest BCUT2D eigenvalue weighted by atomic mass is 35.5. The van der Waals surface area contributed by atoms with Crippen molar-refractivity contribution in [3.05, 3.63) is 23.2 Å². The first-order valence-corrected chi connectivity index (χ1v) is 7.93. The number of carbonyl (C=O) groups is 1. The van der Waals surface area contributed by atoms with Crippen LogP contribution in [0.1, 0.15) is 20.8 Å². The molecule has 3 atom stereocenters. The molecular weight excluding hydrogens is 304 g/mol. The number of halogens is 1. The fourth-order valence-corrected chi connectivity index (χ4v) is 3.11. The Bertz CT molecular complexity index is 528. The van der Waals surface area contributed by atoms with Gasteiger partial charge in [-0.1, -0.05) is 11.6 Å². The molecule has 0 aromatic heterocycles. The van der Waals surface area contributed by atoms with E-state index in [1.54, 1.807) is 25.3 Å². The molecule has 5 nitrogen and oxygen atoms in total. The SMILES string of the molecule is COc1ccc(NC(=O)[C@H](C)[NH+]2C[C@H](C)O[C@@H](C)C2)cc1Cl. The Labute approximate surface area is 136 Å². The summed E-state index contributed by atoms with van der Waals surface area (Å²) in [5.74, 6) is 0.576. The van der Waals surface area contributed by atoms with Crippen molar-refractivity contribution in [2.75, 3.05) is 25.5 Å². The zero-order chi connectivity index (χ0) is 16.3. The van der Waals surface area contributed by atoms with E-state index in [1.165, 1.54) is 4.90 Å². The first kappa shape index (κ1) is 17.1. The normalized spacial score (nSPS) is 26.3. The van der Waals surface area contributed by atoms with Crippen LogP contribution in [0.15, 0.2) is 18.2 Å². The van der Waals surface area contributed by atoms with Crippen LogP contribution in [0.25, 0.3) is 0 Å². The number of methoxy groups -OCH3 is 1. The lowest BCUT2D eigenvalue weighted by molar-refractivity contribution is -0.928. The van der Waals surface area contributed by atoms with Gasteiger partial charge in [0.05, 0.1) is 12.1 Å². The summed E-state index contributed by atoms with van der Waals surface area (Å²) in [6.07, 6.45) is 0.342. The van der Waals surface area contributed by atoms with Crippen molar-refractivity contribution in [2.24, 2.45) is 0 Å². The van der Waals surface area contributed by atoms with E-state index in [4.69, 9.17) is 21.1 Å². The van der Waals surface area contributed by atoms with E-state index in [-0.39, 0.29) is 24.2 Å². The van der Waals surface area contributed by atoms with Crippen LogP contribution in [0.4, 0.5) is 5.69 Å². The highest BCUT2D eigenvalue weighted by Gasteiger charge is 2.32. The number of rotatable bonds is 4. The molecule has 1 saturated heterocycles. The summed E-state index contributed by atoms with van der Waals surface area (Å²) in [5.41, 5.74) is 0.677. The van der Waals surface area contributed by atoms with E-state index < -0.39 is 0 Å². The van der Waals surface area contributed by atoms with Crippen molar-refractivity contribution in [2.45, 2.75) is 39.0 Å². The maximum Gasteiger partial charge on any atom is 0.282 e. The molecule has 1 aromatic carbocycles. The molecule has 1 aliphatic rings. The van der Waals surface area contributed by atoms with Gasteiger partial charge in [-0.15, -0.1) is 0 Å². The number of amides is 1. The van der Waals surface area contributed by atoms with Gasteiger partial charge in [-0.25, -0.2) is 0 Å². The zero-order valence-corrected chi connectivity index (χ0v) is 14.2. The lowest BCUT2D eigenvalue weighted by Crippen LogP contribution is -3.19. The topological polar surface area (TPSA) is 52.0 Å². The van der Waals surface area contributed by atoms with Crippen molar-refractivity contribution in [3.8, 4) is 5.75 Å². The van der Waals surface area contributed by atoms with Crippen LogP contribution in [0.2, 0.25) is 5.02 Å². The zero-order valence-electron chi connectivity index (χ0n) is 13.5. The van der Waals surface area contributed by atoms with Gasteiger partial charge in [0, 0.05) is 5.69 Å². The number of anilines is 1. The van der Waals surface area contributed by atoms with Gasteiger partial charge in [-0.3, -0.25) is 4.79 Å². The quantitative estimate of drug-likeness (QED) is 0.878. The van der Waals surface area contributed by atoms with Crippen LogP contribution in [0.3, 0.4) is 0 Å². The molecule has 0 aliphatic carbocycles. The molecule has 1 aromatic rings. The van der Waals surface area contributed by atoms with Gasteiger partial charge >= 0.3 is 0 Å². The van der Waals surface area contributed by atoms with Crippen molar-refractivity contribution in [1.82, 2.24) is 0 Å². The van der Waals surface area contributed by atoms with Crippen LogP contribution in [0.5, 0.6) is 5.75 Å². The summed E-state index contributed by atoms with van der Waals surface area (Å²) in [7, 11) is 1.56. The molecule has 1 heterocycles. The molecule has 0 unspecified atom stereocenters. The highest BCUT2D eigenvalue weighted by Crippen LogP contribution is 2.27. The predicted octanol–water partition coefficient (Wildman–Crippen LogP) is 1.37. The van der Waals surface area contributed by atoms with Gasteiger partial charge < -0.3 is 19.7 Å². The lowest BCUT2D eigenvalue weighted by Gasteiger charge is -2.35. The summed E-state index contributed by atoms with van der Waals surface area (Å²) >= 11 is 6.08. The van der Waals surface area contributed by atoms with Gasteiger partial charge in [0.1, 0.15) is 31.0 Å². The Morgan fingerprint density at radius 2 is 2.05 bits per heavy atom. The minimum absolute atomic E-state index is 0.0162. The fourth-order valence-electron chi connectivity index (χ4n) is 2.85. The third-order valence-electron chi connectivity index (χ3n) is 3.99. The van der Waals surface area contributed by atoms with Crippen molar-refractivity contribution < 1.29 is 19.2 Å².